The molecule has 0 aliphatic heterocycles. The van der Waals surface area contributed by atoms with Crippen LogP contribution in [0.3, 0.4) is 0 Å². The van der Waals surface area contributed by atoms with E-state index in [4.69, 9.17) is 0 Å². The van der Waals surface area contributed by atoms with Crippen LogP contribution in [0, 0.1) is 11.6 Å². The highest BCUT2D eigenvalue weighted by molar-refractivity contribution is 5.69. The summed E-state index contributed by atoms with van der Waals surface area (Å²) in [6, 6.07) is 3.16. The van der Waals surface area contributed by atoms with E-state index in [1.165, 1.54) is 0 Å². The van der Waals surface area contributed by atoms with E-state index in [0.717, 1.165) is 18.2 Å². The molecular formula is C13H17F2NO3. The topological polar surface area (TPSA) is 58.6 Å². The summed E-state index contributed by atoms with van der Waals surface area (Å²) < 4.78 is 30.8. The molecule has 2 N–H and O–H groups in total. The van der Waals surface area contributed by atoms with E-state index in [2.05, 4.69) is 10.1 Å². The molecule has 0 amide bonds. The van der Waals surface area contributed by atoms with Crippen LogP contribution in [0.5, 0.6) is 0 Å². The summed E-state index contributed by atoms with van der Waals surface area (Å²) in [6.45, 7) is 2.10. The Morgan fingerprint density at radius 3 is 2.89 bits per heavy atom. The van der Waals surface area contributed by atoms with Gasteiger partial charge in [-0.25, -0.2) is 8.78 Å². The van der Waals surface area contributed by atoms with E-state index >= 15 is 0 Å². The molecule has 0 bridgehead atoms. The normalized spacial score (nSPS) is 12.2. The first-order valence-electron chi connectivity index (χ1n) is 6.01. The van der Waals surface area contributed by atoms with E-state index in [0.29, 0.717) is 0 Å². The van der Waals surface area contributed by atoms with Gasteiger partial charge in [0.2, 0.25) is 0 Å². The average molecular weight is 273 g/mol. The number of hydrogen-bond donors (Lipinski definition) is 2. The van der Waals surface area contributed by atoms with Gasteiger partial charge >= 0.3 is 5.97 Å². The molecule has 1 aromatic carbocycles. The Hall–Kier alpha value is -1.53. The maximum absolute atomic E-state index is 13.3. The standard InChI is InChI=1S/C13H17F2NO3/c1-2-19-13(18)6-11(17)8-16-7-9-5-10(14)3-4-12(9)15/h3-5,11,16-17H,2,6-8H2,1H3. The van der Waals surface area contributed by atoms with E-state index in [1.54, 1.807) is 6.92 Å². The first-order valence-corrected chi connectivity index (χ1v) is 6.01. The summed E-state index contributed by atoms with van der Waals surface area (Å²) in [5.41, 5.74) is 0.170. The van der Waals surface area contributed by atoms with Crippen LogP contribution in [0.4, 0.5) is 8.78 Å². The minimum Gasteiger partial charge on any atom is -0.466 e. The zero-order chi connectivity index (χ0) is 14.3. The molecule has 0 fully saturated rings. The molecule has 0 spiro atoms. The van der Waals surface area contributed by atoms with Gasteiger partial charge in [0.1, 0.15) is 11.6 Å². The molecule has 1 unspecified atom stereocenters. The first kappa shape index (κ1) is 15.5. The van der Waals surface area contributed by atoms with Crippen LogP contribution >= 0.6 is 0 Å². The van der Waals surface area contributed by atoms with Crippen LogP contribution in [-0.2, 0) is 16.1 Å². The summed E-state index contributed by atoms with van der Waals surface area (Å²) in [5, 5.41) is 12.3. The number of hydrogen-bond acceptors (Lipinski definition) is 4. The number of carbonyl (C=O) groups excluding carboxylic acids is 1. The van der Waals surface area contributed by atoms with Crippen molar-refractivity contribution >= 4 is 5.97 Å². The zero-order valence-electron chi connectivity index (χ0n) is 10.7. The molecule has 19 heavy (non-hydrogen) atoms. The zero-order valence-corrected chi connectivity index (χ0v) is 10.7. The fourth-order valence-electron chi connectivity index (χ4n) is 1.54. The lowest BCUT2D eigenvalue weighted by molar-refractivity contribution is -0.145. The lowest BCUT2D eigenvalue weighted by atomic mass is 10.2. The maximum atomic E-state index is 13.3. The van der Waals surface area contributed by atoms with E-state index in [-0.39, 0.29) is 31.7 Å². The monoisotopic (exact) mass is 273 g/mol. The Bertz CT molecular complexity index is 426. The van der Waals surface area contributed by atoms with Gasteiger partial charge in [0.15, 0.2) is 0 Å². The third kappa shape index (κ3) is 5.76. The Morgan fingerprint density at radius 1 is 1.47 bits per heavy atom. The summed E-state index contributed by atoms with van der Waals surface area (Å²) in [6.07, 6.45) is -1.05. The van der Waals surface area contributed by atoms with Crippen molar-refractivity contribution < 1.29 is 23.4 Å². The second kappa shape index (κ2) is 7.81. The highest BCUT2D eigenvalue weighted by Crippen LogP contribution is 2.09. The number of esters is 1. The minimum atomic E-state index is -0.921. The van der Waals surface area contributed by atoms with Gasteiger partial charge in [-0.15, -0.1) is 0 Å². The number of aliphatic hydroxyl groups is 1. The largest absolute Gasteiger partial charge is 0.466 e. The summed E-state index contributed by atoms with van der Waals surface area (Å²) in [7, 11) is 0. The fraction of sp³-hybridized carbons (Fsp3) is 0.462. The van der Waals surface area contributed by atoms with Crippen molar-refractivity contribution in [1.29, 1.82) is 0 Å². The minimum absolute atomic E-state index is 0.0729. The summed E-state index contributed by atoms with van der Waals surface area (Å²) in [4.78, 5) is 11.1. The van der Waals surface area contributed by atoms with Crippen LogP contribution in [-0.4, -0.2) is 30.3 Å². The highest BCUT2D eigenvalue weighted by Gasteiger charge is 2.11. The molecule has 1 rings (SSSR count). The molecule has 0 aromatic heterocycles. The second-order valence-electron chi connectivity index (χ2n) is 4.03. The number of benzene rings is 1. The Kier molecular flexibility index (Phi) is 6.38. The van der Waals surface area contributed by atoms with Crippen molar-refractivity contribution in [3.63, 3.8) is 0 Å². The molecule has 0 aliphatic carbocycles. The van der Waals surface area contributed by atoms with E-state index < -0.39 is 23.7 Å². The first-order chi connectivity index (χ1) is 9.02. The van der Waals surface area contributed by atoms with Crippen LogP contribution in [0.1, 0.15) is 18.9 Å². The third-order valence-electron chi connectivity index (χ3n) is 2.41. The predicted molar refractivity (Wildman–Crippen MR) is 65.3 cm³/mol. The Balaban J connectivity index is 2.33. The van der Waals surface area contributed by atoms with Gasteiger partial charge in [-0.3, -0.25) is 4.79 Å². The summed E-state index contributed by atoms with van der Waals surface area (Å²) >= 11 is 0. The molecule has 1 aromatic rings. The van der Waals surface area contributed by atoms with E-state index in [9.17, 15) is 18.7 Å². The van der Waals surface area contributed by atoms with Gasteiger partial charge in [-0.1, -0.05) is 0 Å². The number of nitrogens with one attached hydrogen (secondary N) is 1. The van der Waals surface area contributed by atoms with Crippen molar-refractivity contribution in [3.8, 4) is 0 Å². The second-order valence-corrected chi connectivity index (χ2v) is 4.03. The summed E-state index contributed by atoms with van der Waals surface area (Å²) in [5.74, 6) is -1.53. The van der Waals surface area contributed by atoms with Gasteiger partial charge < -0.3 is 15.2 Å². The van der Waals surface area contributed by atoms with Crippen LogP contribution in [0.25, 0.3) is 0 Å². The molecule has 1 atom stereocenters. The van der Waals surface area contributed by atoms with Crippen molar-refractivity contribution in [2.45, 2.75) is 26.0 Å². The molecular weight excluding hydrogens is 256 g/mol. The molecule has 0 saturated carbocycles. The fourth-order valence-corrected chi connectivity index (χ4v) is 1.54. The quantitative estimate of drug-likeness (QED) is 0.737. The maximum Gasteiger partial charge on any atom is 0.308 e. The van der Waals surface area contributed by atoms with Gasteiger partial charge in [0.25, 0.3) is 0 Å². The molecule has 106 valence electrons. The van der Waals surface area contributed by atoms with E-state index in [1.807, 2.05) is 0 Å². The van der Waals surface area contributed by atoms with Crippen LogP contribution in [0.15, 0.2) is 18.2 Å². The van der Waals surface area contributed by atoms with Gasteiger partial charge in [0.05, 0.1) is 19.1 Å². The van der Waals surface area contributed by atoms with Crippen LogP contribution < -0.4 is 5.32 Å². The molecule has 6 heteroatoms. The number of aliphatic hydroxyl groups excluding tert-OH is 1. The number of carbonyl (C=O) groups is 1. The number of rotatable bonds is 7. The Labute approximate surface area is 110 Å². The molecule has 0 saturated heterocycles. The van der Waals surface area contributed by atoms with Crippen molar-refractivity contribution in [2.75, 3.05) is 13.2 Å². The number of halogens is 2. The van der Waals surface area contributed by atoms with Crippen LogP contribution in [0.2, 0.25) is 0 Å². The van der Waals surface area contributed by atoms with Gasteiger partial charge in [-0.05, 0) is 25.1 Å². The van der Waals surface area contributed by atoms with Crippen molar-refractivity contribution in [2.24, 2.45) is 0 Å². The Morgan fingerprint density at radius 2 is 2.21 bits per heavy atom. The van der Waals surface area contributed by atoms with Gasteiger partial charge in [0, 0.05) is 18.7 Å². The number of ether oxygens (including phenoxy) is 1. The predicted octanol–water partition coefficient (Wildman–Crippen LogP) is 1.37. The lowest BCUT2D eigenvalue weighted by Crippen LogP contribution is -2.29. The van der Waals surface area contributed by atoms with Gasteiger partial charge in [-0.2, -0.15) is 0 Å². The third-order valence-corrected chi connectivity index (χ3v) is 2.41. The molecule has 4 nitrogen and oxygen atoms in total. The van der Waals surface area contributed by atoms with Crippen molar-refractivity contribution in [1.82, 2.24) is 5.32 Å². The average Bonchev–Trinajstić information content (AvgIpc) is 2.33. The van der Waals surface area contributed by atoms with Crippen molar-refractivity contribution in [3.05, 3.63) is 35.4 Å². The smallest absolute Gasteiger partial charge is 0.308 e. The molecule has 0 radical (unpaired) electrons. The highest BCUT2D eigenvalue weighted by atomic mass is 19.1. The lowest BCUT2D eigenvalue weighted by Gasteiger charge is -2.11. The SMILES string of the molecule is CCOC(=O)CC(O)CNCc1cc(F)ccc1F. The molecule has 0 aliphatic rings. The molecule has 0 heterocycles.